The van der Waals surface area contributed by atoms with Crippen LogP contribution in [0.3, 0.4) is 0 Å². The number of hydrogen-bond acceptors (Lipinski definition) is 6. The van der Waals surface area contributed by atoms with Gasteiger partial charge in [0.1, 0.15) is 0 Å². The van der Waals surface area contributed by atoms with Gasteiger partial charge in [-0.1, -0.05) is 90.0 Å². The van der Waals surface area contributed by atoms with Crippen molar-refractivity contribution in [2.75, 3.05) is 13.1 Å². The molecule has 2 aliphatic rings. The molecule has 3 N–H and O–H groups in total. The zero-order valence-corrected chi connectivity index (χ0v) is 30.2. The molecule has 0 fully saturated rings. The number of benzene rings is 4. The average molecular weight is 727 g/mol. The Bertz CT molecular complexity index is 2520. The van der Waals surface area contributed by atoms with E-state index in [0.717, 1.165) is 44.8 Å². The first kappa shape index (κ1) is 34.2. The Kier molecular flexibility index (Phi) is 8.79. The van der Waals surface area contributed by atoms with E-state index in [1.807, 2.05) is 48.0 Å². The van der Waals surface area contributed by atoms with E-state index in [1.54, 1.807) is 10.7 Å². The molecule has 53 heavy (non-hydrogen) atoms. The van der Waals surface area contributed by atoms with Crippen molar-refractivity contribution in [1.82, 2.24) is 30.2 Å². The molecule has 12 heteroatoms. The summed E-state index contributed by atoms with van der Waals surface area (Å²) < 4.78 is 37.1. The van der Waals surface area contributed by atoms with Gasteiger partial charge in [-0.05, 0) is 54.7 Å². The summed E-state index contributed by atoms with van der Waals surface area (Å²) in [4.78, 5) is 26.9. The molecule has 2 heterocycles. The van der Waals surface area contributed by atoms with E-state index < -0.39 is 10.1 Å². The number of nitrogens with zero attached hydrogens (tertiary/aromatic N) is 4. The van der Waals surface area contributed by atoms with Crippen molar-refractivity contribution in [2.45, 2.75) is 51.1 Å². The van der Waals surface area contributed by atoms with E-state index in [0.29, 0.717) is 62.3 Å². The number of nitrogens with one attached hydrogen (secondary N) is 2. The van der Waals surface area contributed by atoms with Crippen molar-refractivity contribution < 1.29 is 22.6 Å². The maximum Gasteiger partial charge on any atom is 0.294 e. The van der Waals surface area contributed by atoms with Crippen LogP contribution in [0.15, 0.2) is 95.9 Å². The van der Waals surface area contributed by atoms with Crippen LogP contribution in [0, 0.1) is 13.8 Å². The summed E-state index contributed by atoms with van der Waals surface area (Å²) in [5, 5.41) is 15.5. The summed E-state index contributed by atoms with van der Waals surface area (Å²) in [6.45, 7) is 5.65. The summed E-state index contributed by atoms with van der Waals surface area (Å²) in [7, 11) is -4.39. The van der Waals surface area contributed by atoms with E-state index >= 15 is 0 Å². The second-order valence-electron chi connectivity index (χ2n) is 13.8. The molecule has 6 aromatic rings. The highest BCUT2D eigenvalue weighted by atomic mass is 32.2. The third kappa shape index (κ3) is 6.67. The Balaban J connectivity index is 0.951. The summed E-state index contributed by atoms with van der Waals surface area (Å²) in [5.41, 5.74) is 12.2. The molecule has 4 aromatic carbocycles. The highest BCUT2D eigenvalue weighted by Gasteiger charge is 2.32. The first-order chi connectivity index (χ1) is 25.5. The van der Waals surface area contributed by atoms with Crippen LogP contribution in [0.25, 0.3) is 22.5 Å². The predicted octanol–water partition coefficient (Wildman–Crippen LogP) is 5.73. The van der Waals surface area contributed by atoms with Crippen molar-refractivity contribution in [2.24, 2.45) is 0 Å². The van der Waals surface area contributed by atoms with Gasteiger partial charge in [-0.2, -0.15) is 18.6 Å². The first-order valence-corrected chi connectivity index (χ1v) is 19.0. The van der Waals surface area contributed by atoms with Crippen molar-refractivity contribution in [3.05, 3.63) is 147 Å². The number of carbonyl (C=O) groups excluding carboxylic acids is 2. The molecule has 0 spiro atoms. The molecule has 2 aliphatic carbocycles. The summed E-state index contributed by atoms with van der Waals surface area (Å²) in [5.74, 6) is -0.610. The third-order valence-corrected chi connectivity index (χ3v) is 10.8. The first-order valence-electron chi connectivity index (χ1n) is 17.6. The lowest BCUT2D eigenvalue weighted by atomic mass is 10.1. The molecule has 268 valence electrons. The van der Waals surface area contributed by atoms with Gasteiger partial charge in [0.25, 0.3) is 21.9 Å². The highest BCUT2D eigenvalue weighted by molar-refractivity contribution is 7.85. The van der Waals surface area contributed by atoms with Crippen LogP contribution in [0.2, 0.25) is 0 Å². The van der Waals surface area contributed by atoms with Gasteiger partial charge in [-0.3, -0.25) is 23.5 Å². The smallest absolute Gasteiger partial charge is 0.294 e. The number of rotatable bonds is 11. The van der Waals surface area contributed by atoms with Gasteiger partial charge >= 0.3 is 0 Å². The van der Waals surface area contributed by atoms with Crippen LogP contribution in [-0.2, 0) is 36.0 Å². The second-order valence-corrected chi connectivity index (χ2v) is 15.2. The fraction of sp³-hybridized carbons (Fsp3) is 0.220. The number of carbonyl (C=O) groups is 2. The second kappa shape index (κ2) is 13.6. The van der Waals surface area contributed by atoms with Crippen LogP contribution in [0.4, 0.5) is 0 Å². The zero-order chi connectivity index (χ0) is 36.9. The van der Waals surface area contributed by atoms with Crippen LogP contribution < -0.4 is 10.6 Å². The molecule has 0 aliphatic heterocycles. The van der Waals surface area contributed by atoms with Gasteiger partial charge in [0.15, 0.2) is 11.4 Å². The SMILES string of the molecule is Cc1ccc(Cn2nc(C(=O)NCCCNC(=O)c3nn(Cc4ccc(C)cc4)c4c3Cc3cc(S(=O)(=O)O)ccc3-4)c3c2-c2ccccc2C3)cc1. The number of aryl methyl sites for hydroxylation is 2. The molecule has 0 saturated carbocycles. The lowest BCUT2D eigenvalue weighted by Crippen LogP contribution is -2.31. The summed E-state index contributed by atoms with van der Waals surface area (Å²) >= 11 is 0. The molecule has 0 bridgehead atoms. The lowest BCUT2D eigenvalue weighted by molar-refractivity contribution is 0.0945. The Hall–Kier alpha value is -5.85. The molecule has 8 rings (SSSR count). The van der Waals surface area contributed by atoms with E-state index in [9.17, 15) is 22.6 Å². The van der Waals surface area contributed by atoms with Crippen LogP contribution >= 0.6 is 0 Å². The highest BCUT2D eigenvalue weighted by Crippen LogP contribution is 2.41. The molecule has 0 saturated heterocycles. The Morgan fingerprint density at radius 3 is 1.70 bits per heavy atom. The van der Waals surface area contributed by atoms with Gasteiger partial charge in [0.2, 0.25) is 0 Å². The molecule has 0 atom stereocenters. The number of aromatic nitrogens is 4. The van der Waals surface area contributed by atoms with Crippen LogP contribution in [-0.4, -0.2) is 57.4 Å². The molecule has 2 amide bonds. The number of hydrogen-bond donors (Lipinski definition) is 3. The molecule has 2 aromatic heterocycles. The van der Waals surface area contributed by atoms with Crippen molar-refractivity contribution in [1.29, 1.82) is 0 Å². The topological polar surface area (TPSA) is 148 Å². The Morgan fingerprint density at radius 2 is 1.17 bits per heavy atom. The number of fused-ring (bicyclic) bond motifs is 6. The standard InChI is InChI=1S/C41H38N6O5S/c1-25-8-12-27(13-9-25)23-46-38-32-7-4-3-6-29(32)21-34(38)36(44-46)40(48)42-18-5-19-43-41(49)37-35-22-30-20-31(53(50,51)52)16-17-33(30)39(35)47(45-37)24-28-14-10-26(2)11-15-28/h3-4,6-17,20H,5,18-19,21-24H2,1-2H3,(H,42,48)(H,43,49)(H,50,51,52). The van der Waals surface area contributed by atoms with Gasteiger partial charge in [0.05, 0.1) is 29.4 Å². The van der Waals surface area contributed by atoms with Crippen molar-refractivity contribution >= 4 is 21.9 Å². The van der Waals surface area contributed by atoms with Gasteiger partial charge in [-0.15, -0.1) is 0 Å². The molecule has 0 unspecified atom stereocenters. The fourth-order valence-electron chi connectivity index (χ4n) is 7.32. The minimum Gasteiger partial charge on any atom is -0.351 e. The van der Waals surface area contributed by atoms with Crippen molar-refractivity contribution in [3.63, 3.8) is 0 Å². The number of amides is 2. The predicted molar refractivity (Wildman–Crippen MR) is 201 cm³/mol. The molecular formula is C41H38N6O5S. The van der Waals surface area contributed by atoms with E-state index in [1.165, 1.54) is 23.3 Å². The monoisotopic (exact) mass is 726 g/mol. The maximum atomic E-state index is 13.6. The van der Waals surface area contributed by atoms with E-state index in [-0.39, 0.29) is 22.4 Å². The average Bonchev–Trinajstić information content (AvgIpc) is 3.89. The van der Waals surface area contributed by atoms with Gasteiger partial charge in [-0.25, -0.2) is 0 Å². The minimum atomic E-state index is -4.39. The fourth-order valence-corrected chi connectivity index (χ4v) is 7.85. The molecule has 11 nitrogen and oxygen atoms in total. The third-order valence-electron chi connectivity index (χ3n) is 10.00. The summed E-state index contributed by atoms with van der Waals surface area (Å²) in [6.07, 6.45) is 1.42. The molecule has 0 radical (unpaired) electrons. The maximum absolute atomic E-state index is 13.6. The summed E-state index contributed by atoms with van der Waals surface area (Å²) in [6, 6.07) is 29.0. The van der Waals surface area contributed by atoms with Crippen LogP contribution in [0.1, 0.15) is 71.9 Å². The Morgan fingerprint density at radius 1 is 0.679 bits per heavy atom. The Labute approximate surface area is 307 Å². The van der Waals surface area contributed by atoms with Gasteiger partial charge < -0.3 is 10.6 Å². The van der Waals surface area contributed by atoms with Gasteiger partial charge in [0, 0.05) is 48.2 Å². The van der Waals surface area contributed by atoms with Crippen molar-refractivity contribution in [3.8, 4) is 22.5 Å². The normalized spacial score (nSPS) is 12.6. The minimum absolute atomic E-state index is 0.194. The zero-order valence-electron chi connectivity index (χ0n) is 29.4. The van der Waals surface area contributed by atoms with Crippen LogP contribution in [0.5, 0.6) is 0 Å². The van der Waals surface area contributed by atoms with E-state index in [2.05, 4.69) is 54.0 Å². The quantitative estimate of drug-likeness (QED) is 0.114. The largest absolute Gasteiger partial charge is 0.351 e. The molecular weight excluding hydrogens is 689 g/mol. The lowest BCUT2D eigenvalue weighted by Gasteiger charge is -2.09. The van der Waals surface area contributed by atoms with E-state index in [4.69, 9.17) is 10.2 Å².